The normalized spacial score (nSPS) is 11.1. The van der Waals surface area contributed by atoms with Crippen LogP contribution in [0.2, 0.25) is 0 Å². The molecule has 0 heterocycles. The van der Waals surface area contributed by atoms with Crippen LogP contribution in [0.15, 0.2) is 0 Å². The van der Waals surface area contributed by atoms with Crippen molar-refractivity contribution in [1.29, 1.82) is 0 Å². The van der Waals surface area contributed by atoms with Gasteiger partial charge in [-0.25, -0.2) is 14.0 Å². The zero-order valence-electron chi connectivity index (χ0n) is 15.1. The fourth-order valence-electron chi connectivity index (χ4n) is 1.92. The fourth-order valence-corrected chi connectivity index (χ4v) is 2.25. The highest BCUT2D eigenvalue weighted by molar-refractivity contribution is 7.80. The minimum Gasteiger partial charge on any atom is -0.264 e. The lowest BCUT2D eigenvalue weighted by atomic mass is 10.1. The summed E-state index contributed by atoms with van der Waals surface area (Å²) in [4.78, 5) is 8.97. The lowest BCUT2D eigenvalue weighted by Gasteiger charge is -2.02. The van der Waals surface area contributed by atoms with E-state index in [9.17, 15) is 8.42 Å². The predicted molar refractivity (Wildman–Crippen MR) is 92.6 cm³/mol. The Bertz CT molecular complexity index is 302. The molecule has 0 aromatic rings. The zero-order chi connectivity index (χ0) is 17.8. The molecule has 1 N–H and O–H groups in total. The lowest BCUT2D eigenvalue weighted by molar-refractivity contribution is -0.287. The maximum atomic E-state index is 10.2. The van der Waals surface area contributed by atoms with Crippen molar-refractivity contribution in [3.63, 3.8) is 0 Å². The quantitative estimate of drug-likeness (QED) is 0.198. The number of rotatable bonds is 15. The van der Waals surface area contributed by atoms with Gasteiger partial charge < -0.3 is 0 Å². The van der Waals surface area contributed by atoms with Crippen LogP contribution < -0.4 is 0 Å². The summed E-state index contributed by atoms with van der Waals surface area (Å²) in [6.45, 7) is 7.34. The molecule has 7 heteroatoms. The van der Waals surface area contributed by atoms with Gasteiger partial charge >= 0.3 is 10.4 Å². The average molecular weight is 357 g/mol. The van der Waals surface area contributed by atoms with Gasteiger partial charge in [0.25, 0.3) is 0 Å². The highest BCUT2D eigenvalue weighted by Gasteiger charge is 2.02. The summed E-state index contributed by atoms with van der Waals surface area (Å²) in [5.41, 5.74) is 0. The second-order valence-electron chi connectivity index (χ2n) is 5.24. The topological polar surface area (TPSA) is 82.1 Å². The first-order valence-corrected chi connectivity index (χ1v) is 10.2. The molecule has 0 rings (SSSR count). The lowest BCUT2D eigenvalue weighted by Crippen LogP contribution is -2.04. The van der Waals surface area contributed by atoms with Gasteiger partial charge in [0.05, 0.1) is 19.8 Å². The minimum absolute atomic E-state index is 0.0926. The second kappa shape index (κ2) is 19.8. The summed E-state index contributed by atoms with van der Waals surface area (Å²) in [5.74, 6) is 0. The molecule has 0 aromatic heterocycles. The van der Waals surface area contributed by atoms with Crippen molar-refractivity contribution in [3.05, 3.63) is 0 Å². The van der Waals surface area contributed by atoms with E-state index in [-0.39, 0.29) is 6.61 Å². The van der Waals surface area contributed by atoms with Crippen LogP contribution in [0.5, 0.6) is 0 Å². The molecule has 0 radical (unpaired) electrons. The third-order valence-corrected chi connectivity index (χ3v) is 3.51. The van der Waals surface area contributed by atoms with E-state index in [4.69, 9.17) is 4.55 Å². The second-order valence-corrected chi connectivity index (χ2v) is 6.34. The molecule has 0 aliphatic heterocycles. The molecule has 0 amide bonds. The standard InChI is InChI=1S/C12H26O4S.C4H10O2/c1-2-3-4-5-6-7-8-9-10-11-12-16-17(13,14)15;1-3-5-6-4-2/h2-12H2,1H3,(H,13,14,15);3-4H2,1-2H3. The Morgan fingerprint density at radius 2 is 1.09 bits per heavy atom. The Kier molecular flexibility index (Phi) is 21.6. The molecule has 0 bridgehead atoms. The first-order valence-electron chi connectivity index (χ1n) is 8.84. The maximum Gasteiger partial charge on any atom is 0.397 e. The Labute approximate surface area is 142 Å². The van der Waals surface area contributed by atoms with Gasteiger partial charge in [0.15, 0.2) is 0 Å². The van der Waals surface area contributed by atoms with Gasteiger partial charge in [-0.2, -0.15) is 8.42 Å². The molecule has 6 nitrogen and oxygen atoms in total. The minimum atomic E-state index is -4.23. The summed E-state index contributed by atoms with van der Waals surface area (Å²) in [5, 5.41) is 0. The fraction of sp³-hybridized carbons (Fsp3) is 1.00. The summed E-state index contributed by atoms with van der Waals surface area (Å²) in [6, 6.07) is 0. The van der Waals surface area contributed by atoms with E-state index in [1.807, 2.05) is 13.8 Å². The van der Waals surface area contributed by atoms with Crippen LogP contribution >= 0.6 is 0 Å². The van der Waals surface area contributed by atoms with Crippen LogP contribution in [-0.4, -0.2) is 32.8 Å². The van der Waals surface area contributed by atoms with Crippen LogP contribution in [0, 0.1) is 0 Å². The molecule has 0 aliphatic carbocycles. The van der Waals surface area contributed by atoms with E-state index < -0.39 is 10.4 Å². The zero-order valence-corrected chi connectivity index (χ0v) is 15.9. The van der Waals surface area contributed by atoms with Crippen molar-refractivity contribution >= 4 is 10.4 Å². The van der Waals surface area contributed by atoms with Crippen LogP contribution in [0.1, 0.15) is 85.0 Å². The van der Waals surface area contributed by atoms with E-state index >= 15 is 0 Å². The summed E-state index contributed by atoms with van der Waals surface area (Å²) in [7, 11) is -4.23. The van der Waals surface area contributed by atoms with Gasteiger partial charge in [-0.15, -0.1) is 0 Å². The van der Waals surface area contributed by atoms with Crippen molar-refractivity contribution in [2.75, 3.05) is 19.8 Å². The molecule has 0 atom stereocenters. The Hall–Kier alpha value is -0.210. The molecule has 0 saturated heterocycles. The van der Waals surface area contributed by atoms with Gasteiger partial charge in [0, 0.05) is 0 Å². The number of unbranched alkanes of at least 4 members (excludes halogenated alkanes) is 9. The van der Waals surface area contributed by atoms with Crippen LogP contribution in [0.25, 0.3) is 0 Å². The van der Waals surface area contributed by atoms with Crippen LogP contribution in [0.3, 0.4) is 0 Å². The highest BCUT2D eigenvalue weighted by atomic mass is 32.3. The predicted octanol–water partition coefficient (Wildman–Crippen LogP) is 4.70. The maximum absolute atomic E-state index is 10.2. The molecule has 0 aromatic carbocycles. The van der Waals surface area contributed by atoms with E-state index in [0.717, 1.165) is 12.8 Å². The third-order valence-electron chi connectivity index (χ3n) is 3.05. The Balaban J connectivity index is 0. The molecule has 0 spiro atoms. The summed E-state index contributed by atoms with van der Waals surface area (Å²) >= 11 is 0. The monoisotopic (exact) mass is 356 g/mol. The number of hydrogen-bond acceptors (Lipinski definition) is 5. The highest BCUT2D eigenvalue weighted by Crippen LogP contribution is 2.10. The Morgan fingerprint density at radius 3 is 1.43 bits per heavy atom. The molecule has 0 aliphatic rings. The van der Waals surface area contributed by atoms with Gasteiger partial charge in [0.1, 0.15) is 0 Å². The van der Waals surface area contributed by atoms with Crippen molar-refractivity contribution in [1.82, 2.24) is 0 Å². The smallest absolute Gasteiger partial charge is 0.264 e. The van der Waals surface area contributed by atoms with Gasteiger partial charge in [-0.1, -0.05) is 64.7 Å². The van der Waals surface area contributed by atoms with Crippen molar-refractivity contribution < 1.29 is 26.9 Å². The van der Waals surface area contributed by atoms with Gasteiger partial charge in [-0.05, 0) is 20.3 Å². The van der Waals surface area contributed by atoms with E-state index in [2.05, 4.69) is 20.9 Å². The SMILES string of the molecule is CCCCCCCCCCCCOS(=O)(=O)O.CCOOCC. The average Bonchev–Trinajstić information content (AvgIpc) is 2.50. The van der Waals surface area contributed by atoms with Crippen molar-refractivity contribution in [2.45, 2.75) is 85.0 Å². The Morgan fingerprint density at radius 1 is 0.696 bits per heavy atom. The molecular formula is C16H36O6S. The molecular weight excluding hydrogens is 320 g/mol. The third kappa shape index (κ3) is 30.3. The molecule has 0 saturated carbocycles. The number of hydrogen-bond donors (Lipinski definition) is 1. The molecule has 0 unspecified atom stereocenters. The van der Waals surface area contributed by atoms with Crippen LogP contribution in [-0.2, 0) is 24.4 Å². The van der Waals surface area contributed by atoms with E-state index in [1.165, 1.54) is 44.9 Å². The molecule has 142 valence electrons. The summed E-state index contributed by atoms with van der Waals surface area (Å²) < 4.78 is 33.0. The molecule has 23 heavy (non-hydrogen) atoms. The van der Waals surface area contributed by atoms with Gasteiger partial charge in [0.2, 0.25) is 0 Å². The first kappa shape index (κ1) is 25.0. The van der Waals surface area contributed by atoms with Crippen molar-refractivity contribution in [2.24, 2.45) is 0 Å². The van der Waals surface area contributed by atoms with E-state index in [1.54, 1.807) is 0 Å². The summed E-state index contributed by atoms with van der Waals surface area (Å²) in [6.07, 6.45) is 11.9. The largest absolute Gasteiger partial charge is 0.397 e. The van der Waals surface area contributed by atoms with E-state index in [0.29, 0.717) is 19.6 Å². The van der Waals surface area contributed by atoms with Crippen LogP contribution in [0.4, 0.5) is 0 Å². The van der Waals surface area contributed by atoms with Crippen molar-refractivity contribution in [3.8, 4) is 0 Å². The van der Waals surface area contributed by atoms with Gasteiger partial charge in [-0.3, -0.25) is 4.55 Å². The first-order chi connectivity index (χ1) is 11.0. The molecule has 0 fully saturated rings.